The van der Waals surface area contributed by atoms with Crippen molar-refractivity contribution in [2.24, 2.45) is 0 Å². The van der Waals surface area contributed by atoms with E-state index in [4.69, 9.17) is 23.7 Å². The minimum absolute atomic E-state index is 0.228. The minimum atomic E-state index is -0.716. The van der Waals surface area contributed by atoms with Crippen molar-refractivity contribution in [2.45, 2.75) is 64.4 Å². The number of aryl methyl sites for hydroxylation is 2. The van der Waals surface area contributed by atoms with Crippen LogP contribution in [0, 0.1) is 13.8 Å². The van der Waals surface area contributed by atoms with Crippen molar-refractivity contribution >= 4 is 0 Å². The average molecular weight is 493 g/mol. The quantitative estimate of drug-likeness (QED) is 0.418. The average Bonchev–Trinajstić information content (AvgIpc) is 2.91. The summed E-state index contributed by atoms with van der Waals surface area (Å²) in [5.41, 5.74) is 5.49. The Labute approximate surface area is 213 Å². The van der Waals surface area contributed by atoms with E-state index in [0.717, 1.165) is 16.7 Å². The lowest BCUT2D eigenvalue weighted by Gasteiger charge is -2.45. The highest BCUT2D eigenvalue weighted by Crippen LogP contribution is 2.30. The van der Waals surface area contributed by atoms with Gasteiger partial charge in [-0.25, -0.2) is 0 Å². The van der Waals surface area contributed by atoms with Gasteiger partial charge in [-0.3, -0.25) is 0 Å². The Morgan fingerprint density at radius 3 is 1.61 bits per heavy atom. The summed E-state index contributed by atoms with van der Waals surface area (Å²) in [6.07, 6.45) is -3.00. The van der Waals surface area contributed by atoms with Gasteiger partial charge in [-0.2, -0.15) is 0 Å². The third kappa shape index (κ3) is 7.01. The zero-order valence-corrected chi connectivity index (χ0v) is 21.2. The molecule has 3 aromatic carbocycles. The first kappa shape index (κ1) is 26.5. The summed E-state index contributed by atoms with van der Waals surface area (Å²) in [5, 5.41) is 10.2. The Morgan fingerprint density at radius 1 is 0.639 bits per heavy atom. The molecule has 5 atom stereocenters. The van der Waals surface area contributed by atoms with Gasteiger partial charge in [-0.15, -0.1) is 0 Å². The van der Waals surface area contributed by atoms with Gasteiger partial charge < -0.3 is 28.8 Å². The first-order valence-electron chi connectivity index (χ1n) is 12.4. The number of hydrogen-bond acceptors (Lipinski definition) is 6. The summed E-state index contributed by atoms with van der Waals surface area (Å²) in [6, 6.07) is 26.3. The maximum Gasteiger partial charge on any atom is 0.186 e. The van der Waals surface area contributed by atoms with Crippen LogP contribution >= 0.6 is 0 Å². The third-order valence-electron chi connectivity index (χ3n) is 6.41. The molecule has 1 aliphatic heterocycles. The van der Waals surface area contributed by atoms with Crippen LogP contribution < -0.4 is 0 Å². The highest BCUT2D eigenvalue weighted by molar-refractivity contribution is 5.21. The van der Waals surface area contributed by atoms with Gasteiger partial charge in [0.2, 0.25) is 0 Å². The highest BCUT2D eigenvalue weighted by atomic mass is 16.7. The zero-order chi connectivity index (χ0) is 25.3. The predicted octanol–water partition coefficient (Wildman–Crippen LogP) is 4.72. The summed E-state index contributed by atoms with van der Waals surface area (Å²) in [6.45, 7) is 4.98. The molecule has 3 aromatic rings. The number of hydrogen-bond donors (Lipinski definition) is 1. The van der Waals surface area contributed by atoms with Crippen molar-refractivity contribution in [3.05, 3.63) is 107 Å². The predicted molar refractivity (Wildman–Crippen MR) is 137 cm³/mol. The number of aliphatic hydroxyl groups excluding tert-OH is 1. The minimum Gasteiger partial charge on any atom is -0.394 e. The van der Waals surface area contributed by atoms with Gasteiger partial charge in [0.15, 0.2) is 6.29 Å². The molecule has 1 aliphatic rings. The molecule has 0 radical (unpaired) electrons. The second kappa shape index (κ2) is 13.1. The van der Waals surface area contributed by atoms with E-state index >= 15 is 0 Å². The van der Waals surface area contributed by atoms with Crippen molar-refractivity contribution < 1.29 is 28.8 Å². The maximum atomic E-state index is 10.2. The number of ether oxygens (including phenoxy) is 5. The fraction of sp³-hybridized carbons (Fsp3) is 0.400. The summed E-state index contributed by atoms with van der Waals surface area (Å²) in [5.74, 6) is 0. The number of methoxy groups -OCH3 is 1. The molecule has 36 heavy (non-hydrogen) atoms. The van der Waals surface area contributed by atoms with Crippen LogP contribution in [0.5, 0.6) is 0 Å². The van der Waals surface area contributed by atoms with Crippen LogP contribution in [-0.4, -0.2) is 49.5 Å². The first-order chi connectivity index (χ1) is 17.6. The molecule has 192 valence electrons. The van der Waals surface area contributed by atoms with E-state index in [2.05, 4.69) is 38.1 Å². The summed E-state index contributed by atoms with van der Waals surface area (Å²) in [7, 11) is 1.57. The molecular weight excluding hydrogens is 456 g/mol. The fourth-order valence-electron chi connectivity index (χ4n) is 4.30. The molecule has 6 nitrogen and oxygen atoms in total. The molecule has 0 bridgehead atoms. The maximum absolute atomic E-state index is 10.2. The first-order valence-corrected chi connectivity index (χ1v) is 12.4. The van der Waals surface area contributed by atoms with E-state index in [9.17, 15) is 5.11 Å². The molecule has 1 fully saturated rings. The van der Waals surface area contributed by atoms with Crippen LogP contribution in [0.4, 0.5) is 0 Å². The lowest BCUT2D eigenvalue weighted by molar-refractivity contribution is -0.321. The molecular formula is C30H36O6. The molecule has 1 saturated heterocycles. The summed E-state index contributed by atoms with van der Waals surface area (Å²) < 4.78 is 30.9. The van der Waals surface area contributed by atoms with Gasteiger partial charge in [-0.1, -0.05) is 90.0 Å². The Hall–Kier alpha value is -2.58. The van der Waals surface area contributed by atoms with Crippen molar-refractivity contribution in [2.75, 3.05) is 13.7 Å². The molecule has 0 saturated carbocycles. The summed E-state index contributed by atoms with van der Waals surface area (Å²) in [4.78, 5) is 0. The lowest BCUT2D eigenvalue weighted by Crippen LogP contribution is -2.61. The van der Waals surface area contributed by atoms with Crippen LogP contribution in [-0.2, 0) is 43.5 Å². The Morgan fingerprint density at radius 2 is 1.11 bits per heavy atom. The molecule has 0 amide bonds. The molecule has 1 heterocycles. The van der Waals surface area contributed by atoms with Crippen LogP contribution in [0.1, 0.15) is 27.8 Å². The number of aliphatic hydroxyl groups is 1. The fourth-order valence-corrected chi connectivity index (χ4v) is 4.30. The van der Waals surface area contributed by atoms with E-state index in [1.165, 1.54) is 11.1 Å². The molecule has 4 rings (SSSR count). The number of rotatable bonds is 11. The molecule has 6 heteroatoms. The van der Waals surface area contributed by atoms with Crippen molar-refractivity contribution in [1.82, 2.24) is 0 Å². The second-order valence-corrected chi connectivity index (χ2v) is 9.24. The van der Waals surface area contributed by atoms with Gasteiger partial charge in [-0.05, 0) is 30.5 Å². The Bertz CT molecular complexity index is 1040. The normalized spacial score (nSPS) is 24.1. The molecule has 0 unspecified atom stereocenters. The molecule has 1 N–H and O–H groups in total. The van der Waals surface area contributed by atoms with E-state index in [-0.39, 0.29) is 6.61 Å². The van der Waals surface area contributed by atoms with Gasteiger partial charge in [0.05, 0.1) is 26.4 Å². The van der Waals surface area contributed by atoms with Gasteiger partial charge >= 0.3 is 0 Å². The van der Waals surface area contributed by atoms with Crippen molar-refractivity contribution in [3.8, 4) is 0 Å². The van der Waals surface area contributed by atoms with E-state index in [0.29, 0.717) is 19.8 Å². The van der Waals surface area contributed by atoms with Gasteiger partial charge in [0, 0.05) is 7.11 Å². The zero-order valence-electron chi connectivity index (χ0n) is 21.2. The molecule has 0 aliphatic carbocycles. The van der Waals surface area contributed by atoms with Crippen molar-refractivity contribution in [3.63, 3.8) is 0 Å². The molecule has 0 spiro atoms. The third-order valence-corrected chi connectivity index (χ3v) is 6.41. The highest BCUT2D eigenvalue weighted by Gasteiger charge is 2.48. The smallest absolute Gasteiger partial charge is 0.186 e. The van der Waals surface area contributed by atoms with Gasteiger partial charge in [0.25, 0.3) is 0 Å². The Kier molecular flexibility index (Phi) is 9.64. The SMILES string of the molecule is CO[C@H]1O[C@H](CO)[C@@H](OCc2ccccc2)[C@H](OCc2ccc(C)cc2)[C@H]1OCc1ccc(C)cc1. The standard InChI is InChI=1S/C30H36O6/c1-21-9-13-24(14-10-21)19-34-28-27(33-18-23-7-5-4-6-8-23)26(17-31)36-30(32-3)29(28)35-20-25-15-11-22(2)12-16-25/h4-16,26-31H,17-20H2,1-3H3/t26-,27-,28+,29-,30+/m1/s1. The molecule has 0 aromatic heterocycles. The van der Waals surface area contributed by atoms with E-state index < -0.39 is 30.7 Å². The topological polar surface area (TPSA) is 66.4 Å². The van der Waals surface area contributed by atoms with Crippen LogP contribution in [0.2, 0.25) is 0 Å². The van der Waals surface area contributed by atoms with E-state index in [1.807, 2.05) is 54.6 Å². The van der Waals surface area contributed by atoms with Crippen molar-refractivity contribution in [1.29, 1.82) is 0 Å². The lowest BCUT2D eigenvalue weighted by atomic mass is 9.98. The summed E-state index contributed by atoms with van der Waals surface area (Å²) >= 11 is 0. The van der Waals surface area contributed by atoms with Gasteiger partial charge in [0.1, 0.15) is 24.4 Å². The second-order valence-electron chi connectivity index (χ2n) is 9.24. The van der Waals surface area contributed by atoms with E-state index in [1.54, 1.807) is 7.11 Å². The monoisotopic (exact) mass is 492 g/mol. The number of benzene rings is 3. The van der Waals surface area contributed by atoms with Crippen LogP contribution in [0.25, 0.3) is 0 Å². The van der Waals surface area contributed by atoms with Crippen LogP contribution in [0.15, 0.2) is 78.9 Å². The largest absolute Gasteiger partial charge is 0.394 e. The van der Waals surface area contributed by atoms with Crippen LogP contribution in [0.3, 0.4) is 0 Å². The Balaban J connectivity index is 1.56.